The van der Waals surface area contributed by atoms with Gasteiger partial charge in [0.2, 0.25) is 11.5 Å². The quantitative estimate of drug-likeness (QED) is 0.0788. The number of amides is 2. The number of fused-ring (bicyclic) bond motifs is 4. The zero-order valence-corrected chi connectivity index (χ0v) is 30.3. The van der Waals surface area contributed by atoms with Gasteiger partial charge in [0.1, 0.15) is 5.75 Å². The smallest absolute Gasteiger partial charge is 0.412 e. The molecule has 0 saturated carbocycles. The van der Waals surface area contributed by atoms with Gasteiger partial charge in [-0.2, -0.15) is 0 Å². The molecule has 3 fully saturated rings. The third-order valence-electron chi connectivity index (χ3n) is 10.6. The average Bonchev–Trinajstić information content (AvgIpc) is 3.17. The van der Waals surface area contributed by atoms with E-state index < -0.39 is 12.2 Å². The molecule has 3 aliphatic rings. The molecular weight excluding hydrogens is 708 g/mol. The van der Waals surface area contributed by atoms with Gasteiger partial charge in [0, 0.05) is 48.8 Å². The number of halogens is 2. The summed E-state index contributed by atoms with van der Waals surface area (Å²) in [4.78, 5) is 44.1. The van der Waals surface area contributed by atoms with E-state index in [9.17, 15) is 29.7 Å². The van der Waals surface area contributed by atoms with E-state index in [0.717, 1.165) is 54.7 Å². The van der Waals surface area contributed by atoms with Gasteiger partial charge < -0.3 is 35.8 Å². The van der Waals surface area contributed by atoms with E-state index in [2.05, 4.69) is 20.5 Å². The first kappa shape index (κ1) is 40.6. The van der Waals surface area contributed by atoms with E-state index in [0.29, 0.717) is 59.6 Å². The van der Waals surface area contributed by atoms with Crippen molar-refractivity contribution in [3.8, 4) is 16.9 Å². The number of phenols is 1. The molecule has 4 aromatic carbocycles. The number of hydrogen-bond donors (Lipinski definition) is 6. The number of carbonyl (C=O) groups is 2. The number of piperidine rings is 3. The maximum absolute atomic E-state index is 12.9. The number of aromatic hydroxyl groups is 1. The lowest BCUT2D eigenvalue weighted by molar-refractivity contribution is -0.116. The Labute approximate surface area is 317 Å². The number of aliphatic hydroxyl groups excluding tert-OH is 1. The van der Waals surface area contributed by atoms with E-state index in [1.54, 1.807) is 17.0 Å². The number of hydrogen-bond acceptors (Lipinski definition) is 7. The number of aryl methyl sites for hydroxylation is 1. The highest BCUT2D eigenvalue weighted by molar-refractivity contribution is 5.94. The molecule has 0 radical (unpaired) electrons. The summed E-state index contributed by atoms with van der Waals surface area (Å²) < 4.78 is 0. The zero-order valence-electron chi connectivity index (χ0n) is 30.3. The first-order chi connectivity index (χ1) is 25.7. The predicted molar refractivity (Wildman–Crippen MR) is 211 cm³/mol. The summed E-state index contributed by atoms with van der Waals surface area (Å²) in [5.41, 5.74) is 5.78. The largest absolute Gasteiger partial charge is 0.506 e. The van der Waals surface area contributed by atoms with Gasteiger partial charge in [0.05, 0.1) is 23.3 Å². The van der Waals surface area contributed by atoms with Crippen LogP contribution in [0.1, 0.15) is 48.5 Å². The molecule has 2 atom stereocenters. The molecule has 1 aromatic heterocycles. The number of benzene rings is 4. The van der Waals surface area contributed by atoms with Crippen LogP contribution in [0.4, 0.5) is 25.6 Å². The fourth-order valence-electron chi connectivity index (χ4n) is 7.84. The molecule has 13 heteroatoms. The topological polar surface area (TPSA) is 158 Å². The normalized spacial score (nSPS) is 17.8. The number of carbonyl (C=O) groups excluding carboxylic acids is 1. The average molecular weight is 756 g/mol. The summed E-state index contributed by atoms with van der Waals surface area (Å²) in [5.74, 6) is 0.195. The van der Waals surface area contributed by atoms with E-state index in [-0.39, 0.29) is 39.2 Å². The van der Waals surface area contributed by atoms with Crippen LogP contribution in [0.3, 0.4) is 0 Å². The molecule has 11 nitrogen and oxygen atoms in total. The molecule has 3 aliphatic heterocycles. The Hall–Kier alpha value is -5.63. The van der Waals surface area contributed by atoms with Crippen LogP contribution in [-0.2, 0) is 17.8 Å². The molecule has 290 valence electrons. The molecule has 2 bridgehead atoms. The third kappa shape index (κ3) is 9.37. The second kappa shape index (κ2) is 18.1. The Balaban J connectivity index is 0.00000290. The minimum Gasteiger partial charge on any atom is -0.506 e. The van der Waals surface area contributed by atoms with Crippen LogP contribution in [0.25, 0.3) is 22.0 Å². The van der Waals surface area contributed by atoms with Gasteiger partial charge in [0.25, 0.3) is 0 Å². The summed E-state index contributed by atoms with van der Waals surface area (Å²) in [6, 6.07) is 29.5. The van der Waals surface area contributed by atoms with Gasteiger partial charge in [-0.1, -0.05) is 60.7 Å². The molecule has 5 aromatic rings. The Morgan fingerprint density at radius 3 is 2.33 bits per heavy atom. The monoisotopic (exact) mass is 755 g/mol. The van der Waals surface area contributed by atoms with Crippen LogP contribution in [0, 0.1) is 5.92 Å². The number of aromatic nitrogens is 1. The van der Waals surface area contributed by atoms with Crippen molar-refractivity contribution in [3.05, 3.63) is 124 Å². The lowest BCUT2D eigenvalue weighted by Crippen LogP contribution is -2.59. The van der Waals surface area contributed by atoms with Crippen molar-refractivity contribution in [2.75, 3.05) is 36.4 Å². The first-order valence-electron chi connectivity index (χ1n) is 18.3. The summed E-state index contributed by atoms with van der Waals surface area (Å²) >= 11 is 0. The van der Waals surface area contributed by atoms with Crippen molar-refractivity contribution in [2.24, 2.45) is 5.92 Å². The van der Waals surface area contributed by atoms with Gasteiger partial charge in [-0.25, -0.2) is 4.79 Å². The number of nitrogens with one attached hydrogen (secondary N) is 3. The Morgan fingerprint density at radius 1 is 0.909 bits per heavy atom. The van der Waals surface area contributed by atoms with Crippen LogP contribution in [0.5, 0.6) is 5.75 Å². The molecule has 8 rings (SSSR count). The predicted octanol–water partition coefficient (Wildman–Crippen LogP) is 6.57. The summed E-state index contributed by atoms with van der Waals surface area (Å²) in [7, 11) is 0. The lowest BCUT2D eigenvalue weighted by Gasteiger charge is -2.48. The standard InChI is InChI=1S/C42H45N5O6.2FH/c48-37-17-15-33(34-16-18-40(51)45-41(34)37)38(49)25-43-24-28-9-12-31(13-10-28)44-39(50)8-4-5-27-11-14-32(29-6-2-1-3-7-29)35(23-27)47(42(52)53)36-26-46-21-19-30(36)20-22-46;;/h1-3,6-7,9-18,23,30,36,38,43,48-49H,4-5,8,19-22,24-26H2,(H,44,50)(H,45,51)(H,52,53);2*1H/t36?,38-;;/m0../s1. The van der Waals surface area contributed by atoms with Crippen molar-refractivity contribution in [2.45, 2.75) is 50.8 Å². The summed E-state index contributed by atoms with van der Waals surface area (Å²) in [6.45, 7) is 3.55. The fourth-order valence-corrected chi connectivity index (χ4v) is 7.84. The highest BCUT2D eigenvalue weighted by atomic mass is 19.0. The lowest BCUT2D eigenvalue weighted by atomic mass is 9.82. The van der Waals surface area contributed by atoms with E-state index in [4.69, 9.17) is 0 Å². The number of carboxylic acid groups (broad SMARTS) is 1. The Kier molecular flexibility index (Phi) is 13.4. The van der Waals surface area contributed by atoms with Crippen molar-refractivity contribution in [1.29, 1.82) is 0 Å². The van der Waals surface area contributed by atoms with Crippen LogP contribution in [-0.4, -0.2) is 69.4 Å². The fraction of sp³-hybridized carbons (Fsp3) is 0.310. The van der Waals surface area contributed by atoms with Crippen molar-refractivity contribution in [3.63, 3.8) is 0 Å². The number of aliphatic hydroxyl groups is 1. The number of phenolic OH excluding ortho intramolecular Hbond substituents is 1. The van der Waals surface area contributed by atoms with Crippen LogP contribution >= 0.6 is 0 Å². The van der Waals surface area contributed by atoms with Gasteiger partial charge in [-0.3, -0.25) is 23.9 Å². The van der Waals surface area contributed by atoms with Crippen molar-refractivity contribution >= 4 is 34.3 Å². The molecule has 0 spiro atoms. The first-order valence-corrected chi connectivity index (χ1v) is 18.3. The van der Waals surface area contributed by atoms with Crippen LogP contribution in [0.2, 0.25) is 0 Å². The van der Waals surface area contributed by atoms with E-state index in [1.807, 2.05) is 72.8 Å². The van der Waals surface area contributed by atoms with Gasteiger partial charge >= 0.3 is 6.09 Å². The van der Waals surface area contributed by atoms with Gasteiger partial charge in [-0.05, 0) is 97.3 Å². The maximum Gasteiger partial charge on any atom is 0.412 e. The van der Waals surface area contributed by atoms with E-state index >= 15 is 0 Å². The minimum atomic E-state index is -0.931. The van der Waals surface area contributed by atoms with Gasteiger partial charge in [-0.15, -0.1) is 0 Å². The molecule has 2 amide bonds. The molecule has 1 unspecified atom stereocenters. The second-order valence-electron chi connectivity index (χ2n) is 14.1. The maximum atomic E-state index is 12.9. The van der Waals surface area contributed by atoms with Crippen LogP contribution in [0.15, 0.2) is 102 Å². The molecule has 4 heterocycles. The number of aromatic amines is 1. The number of rotatable bonds is 13. The van der Waals surface area contributed by atoms with Crippen molar-refractivity contribution < 1.29 is 34.3 Å². The molecule has 6 N–H and O–H groups in total. The SMILES string of the molecule is F.F.O=C(CCCc1ccc(-c2ccccc2)c(N(C(=O)O)C2CN3CCC2CC3)c1)Nc1ccc(CNC[C@H](O)c2ccc(O)c3[nH]c(=O)ccc23)cc1. The third-order valence-corrected chi connectivity index (χ3v) is 10.6. The molecule has 0 aliphatic carbocycles. The van der Waals surface area contributed by atoms with Crippen molar-refractivity contribution in [1.82, 2.24) is 15.2 Å². The molecule has 55 heavy (non-hydrogen) atoms. The highest BCUT2D eigenvalue weighted by Gasteiger charge is 2.40. The Morgan fingerprint density at radius 2 is 1.64 bits per heavy atom. The minimum absolute atomic E-state index is 0. The highest BCUT2D eigenvalue weighted by Crippen LogP contribution is 2.39. The Bertz CT molecular complexity index is 2140. The molecule has 3 saturated heterocycles. The number of nitrogens with zero attached hydrogens (tertiary/aromatic N) is 2. The number of H-pyrrole nitrogens is 1. The van der Waals surface area contributed by atoms with Gasteiger partial charge in [0.15, 0.2) is 0 Å². The summed E-state index contributed by atoms with van der Waals surface area (Å²) in [6.07, 6.45) is 1.80. The summed E-state index contributed by atoms with van der Waals surface area (Å²) in [5, 5.41) is 38.3. The van der Waals surface area contributed by atoms with E-state index in [1.165, 1.54) is 12.1 Å². The zero-order chi connectivity index (χ0) is 36.9. The number of anilines is 2. The second-order valence-corrected chi connectivity index (χ2v) is 14.1. The van der Waals surface area contributed by atoms with Crippen LogP contribution < -0.4 is 21.1 Å². The number of pyridine rings is 1. The molecular formula is C42H47F2N5O6.